The van der Waals surface area contributed by atoms with Crippen LogP contribution in [0.3, 0.4) is 0 Å². The molecule has 0 bridgehead atoms. The first-order chi connectivity index (χ1) is 8.44. The number of benzene rings is 1. The Kier molecular flexibility index (Phi) is 4.11. The lowest BCUT2D eigenvalue weighted by Gasteiger charge is -2.10. The predicted octanol–water partition coefficient (Wildman–Crippen LogP) is 2.51. The highest BCUT2D eigenvalue weighted by atomic mass is 35.5. The Hall–Kier alpha value is -1.35. The van der Waals surface area contributed by atoms with E-state index in [1.807, 2.05) is 0 Å². The van der Waals surface area contributed by atoms with E-state index in [1.54, 1.807) is 0 Å². The minimum absolute atomic E-state index is 0.435. The number of halogens is 5. The maximum absolute atomic E-state index is 13.6. The lowest BCUT2D eigenvalue weighted by molar-refractivity contribution is -0.106. The molecule has 0 atom stereocenters. The van der Waals surface area contributed by atoms with Gasteiger partial charge in [0.15, 0.2) is 21.4 Å². The Morgan fingerprint density at radius 2 is 1.84 bits per heavy atom. The number of aromatic carboxylic acids is 1. The van der Waals surface area contributed by atoms with Crippen molar-refractivity contribution in [3.8, 4) is 0 Å². The number of rotatable bonds is 3. The molecule has 1 aromatic carbocycles. The first-order valence-corrected chi connectivity index (χ1v) is 6.49. The van der Waals surface area contributed by atoms with Gasteiger partial charge in [-0.3, -0.25) is 0 Å². The summed E-state index contributed by atoms with van der Waals surface area (Å²) in [6.07, 6.45) is -5.09. The molecule has 0 aliphatic heterocycles. The van der Waals surface area contributed by atoms with Crippen molar-refractivity contribution in [3.63, 3.8) is 0 Å². The molecule has 0 aliphatic rings. The normalized spacial score (nSPS) is 12.5. The quantitative estimate of drug-likeness (QED) is 0.869. The van der Waals surface area contributed by atoms with Crippen LogP contribution >= 0.6 is 11.6 Å². The molecule has 0 amide bonds. The highest BCUT2D eigenvalue weighted by molar-refractivity contribution is 7.91. The van der Waals surface area contributed by atoms with Gasteiger partial charge in [0.1, 0.15) is 4.90 Å². The molecule has 0 aliphatic carbocycles. The molecule has 0 spiro atoms. The molecule has 1 N–H and O–H groups in total. The molecule has 19 heavy (non-hydrogen) atoms. The summed E-state index contributed by atoms with van der Waals surface area (Å²) in [6.45, 7) is 0. The van der Waals surface area contributed by atoms with Crippen LogP contribution in [0.1, 0.15) is 10.4 Å². The van der Waals surface area contributed by atoms with Crippen LogP contribution in [0.5, 0.6) is 0 Å². The minimum atomic E-state index is -5.09. The summed E-state index contributed by atoms with van der Waals surface area (Å²) < 4.78 is 72.6. The smallest absolute Gasteiger partial charge is 0.403 e. The predicted molar refractivity (Wildman–Crippen MR) is 56.5 cm³/mol. The average Bonchev–Trinajstić information content (AvgIpc) is 2.16. The van der Waals surface area contributed by atoms with Crippen molar-refractivity contribution < 1.29 is 35.9 Å². The third-order valence-corrected chi connectivity index (χ3v) is 3.82. The van der Waals surface area contributed by atoms with Crippen LogP contribution in [-0.2, 0) is 9.84 Å². The number of alkyl halides is 3. The van der Waals surface area contributed by atoms with Gasteiger partial charge >= 0.3 is 12.1 Å². The van der Waals surface area contributed by atoms with E-state index in [-0.39, 0.29) is 0 Å². The molecule has 106 valence electrons. The molecule has 0 aromatic heterocycles. The fourth-order valence-corrected chi connectivity index (χ4v) is 2.80. The number of carboxylic acids is 1. The molecular formula is C9H5ClF4O4S. The summed E-state index contributed by atoms with van der Waals surface area (Å²) in [6, 6.07) is 1.04. The van der Waals surface area contributed by atoms with Crippen molar-refractivity contribution in [2.24, 2.45) is 0 Å². The van der Waals surface area contributed by atoms with Gasteiger partial charge in [-0.25, -0.2) is 17.6 Å². The van der Waals surface area contributed by atoms with Crippen LogP contribution in [0, 0.1) is 5.82 Å². The number of hydrogen-bond donors (Lipinski definition) is 1. The molecule has 0 saturated carbocycles. The Morgan fingerprint density at radius 3 is 2.26 bits per heavy atom. The van der Waals surface area contributed by atoms with Crippen LogP contribution in [0.2, 0.25) is 5.02 Å². The van der Waals surface area contributed by atoms with E-state index in [2.05, 4.69) is 0 Å². The third kappa shape index (κ3) is 3.80. The molecule has 0 saturated heterocycles. The van der Waals surface area contributed by atoms with Gasteiger partial charge in [-0.1, -0.05) is 11.6 Å². The summed E-state index contributed by atoms with van der Waals surface area (Å²) >= 11 is 5.37. The number of sulfone groups is 1. The van der Waals surface area contributed by atoms with Crippen LogP contribution in [0.15, 0.2) is 17.0 Å². The fraction of sp³-hybridized carbons (Fsp3) is 0.222. The molecular weight excluding hydrogens is 316 g/mol. The van der Waals surface area contributed by atoms with E-state index in [0.717, 1.165) is 0 Å². The Bertz CT molecular complexity index is 624. The summed E-state index contributed by atoms with van der Waals surface area (Å²) in [5.41, 5.74) is -1.12. The van der Waals surface area contributed by atoms with Gasteiger partial charge in [0.25, 0.3) is 0 Å². The van der Waals surface area contributed by atoms with Crippen molar-refractivity contribution >= 4 is 27.4 Å². The standard InChI is InChI=1S/C9H5ClF4O4S/c10-4-1-5(8(15)16)7(11)6(2-4)19(17,18)3-9(12,13)14/h1-2H,3H2,(H,15,16). The average molecular weight is 321 g/mol. The minimum Gasteiger partial charge on any atom is -0.478 e. The van der Waals surface area contributed by atoms with Crippen LogP contribution < -0.4 is 0 Å². The molecule has 4 nitrogen and oxygen atoms in total. The topological polar surface area (TPSA) is 71.4 Å². The number of hydrogen-bond acceptors (Lipinski definition) is 3. The van der Waals surface area contributed by atoms with Gasteiger partial charge in [-0.2, -0.15) is 13.2 Å². The van der Waals surface area contributed by atoms with E-state index in [1.165, 1.54) is 0 Å². The molecule has 1 rings (SSSR count). The highest BCUT2D eigenvalue weighted by Gasteiger charge is 2.38. The molecule has 0 fully saturated rings. The summed E-state index contributed by atoms with van der Waals surface area (Å²) in [5, 5.41) is 8.10. The largest absolute Gasteiger partial charge is 0.478 e. The van der Waals surface area contributed by atoms with Gasteiger partial charge in [0, 0.05) is 5.02 Å². The first kappa shape index (κ1) is 15.7. The van der Waals surface area contributed by atoms with Crippen molar-refractivity contribution in [2.45, 2.75) is 11.1 Å². The zero-order valence-corrected chi connectivity index (χ0v) is 10.4. The SMILES string of the molecule is O=C(O)c1cc(Cl)cc(S(=O)(=O)CC(F)(F)F)c1F. The van der Waals surface area contributed by atoms with Crippen molar-refractivity contribution in [2.75, 3.05) is 5.75 Å². The lowest BCUT2D eigenvalue weighted by atomic mass is 10.2. The van der Waals surface area contributed by atoms with Crippen molar-refractivity contribution in [1.82, 2.24) is 0 Å². The fourth-order valence-electron chi connectivity index (χ4n) is 1.24. The molecule has 1 aromatic rings. The van der Waals surface area contributed by atoms with Gasteiger partial charge < -0.3 is 5.11 Å². The van der Waals surface area contributed by atoms with Gasteiger partial charge in [-0.15, -0.1) is 0 Å². The third-order valence-electron chi connectivity index (χ3n) is 1.92. The summed E-state index contributed by atoms with van der Waals surface area (Å²) in [7, 11) is -5.07. The van der Waals surface area contributed by atoms with Crippen molar-refractivity contribution in [3.05, 3.63) is 28.5 Å². The van der Waals surface area contributed by atoms with Gasteiger partial charge in [-0.05, 0) is 12.1 Å². The first-order valence-electron chi connectivity index (χ1n) is 4.46. The van der Waals surface area contributed by atoms with Crippen molar-refractivity contribution in [1.29, 1.82) is 0 Å². The monoisotopic (exact) mass is 320 g/mol. The van der Waals surface area contributed by atoms with E-state index < -0.39 is 49.0 Å². The zero-order valence-electron chi connectivity index (χ0n) is 8.83. The lowest BCUT2D eigenvalue weighted by Crippen LogP contribution is -2.24. The Labute approximate surface area is 109 Å². The van der Waals surface area contributed by atoms with Crippen LogP contribution in [0.25, 0.3) is 0 Å². The Balaban J connectivity index is 3.48. The van der Waals surface area contributed by atoms with E-state index in [0.29, 0.717) is 12.1 Å². The summed E-state index contributed by atoms with van der Waals surface area (Å²) in [4.78, 5) is 9.23. The number of carbonyl (C=O) groups is 1. The molecule has 10 heteroatoms. The van der Waals surface area contributed by atoms with E-state index >= 15 is 0 Å². The zero-order chi connectivity index (χ0) is 15.0. The highest BCUT2D eigenvalue weighted by Crippen LogP contribution is 2.28. The second-order valence-electron chi connectivity index (χ2n) is 3.44. The van der Waals surface area contributed by atoms with Crippen LogP contribution in [0.4, 0.5) is 17.6 Å². The molecule has 0 radical (unpaired) electrons. The molecule has 0 unspecified atom stereocenters. The molecule has 0 heterocycles. The van der Waals surface area contributed by atoms with Gasteiger partial charge in [0.2, 0.25) is 0 Å². The van der Waals surface area contributed by atoms with E-state index in [4.69, 9.17) is 16.7 Å². The second kappa shape index (κ2) is 4.97. The Morgan fingerprint density at radius 1 is 1.32 bits per heavy atom. The number of carboxylic acid groups (broad SMARTS) is 1. The van der Waals surface area contributed by atoms with Crippen LogP contribution in [-0.4, -0.2) is 31.4 Å². The maximum atomic E-state index is 13.6. The second-order valence-corrected chi connectivity index (χ2v) is 5.84. The van der Waals surface area contributed by atoms with E-state index in [9.17, 15) is 30.8 Å². The summed E-state index contributed by atoms with van der Waals surface area (Å²) in [5.74, 6) is -5.93. The maximum Gasteiger partial charge on any atom is 0.403 e. The van der Waals surface area contributed by atoms with Gasteiger partial charge in [0.05, 0.1) is 5.56 Å².